The van der Waals surface area contributed by atoms with E-state index in [4.69, 9.17) is 9.47 Å². The molecule has 0 aliphatic carbocycles. The first-order chi connectivity index (χ1) is 14.4. The maximum Gasteiger partial charge on any atom is 0.416 e. The van der Waals surface area contributed by atoms with E-state index in [2.05, 4.69) is 18.8 Å². The van der Waals surface area contributed by atoms with Crippen molar-refractivity contribution in [2.75, 3.05) is 13.2 Å². The second kappa shape index (κ2) is 8.34. The van der Waals surface area contributed by atoms with Gasteiger partial charge in [0.25, 0.3) is 0 Å². The quantitative estimate of drug-likeness (QED) is 0.495. The van der Waals surface area contributed by atoms with Crippen LogP contribution in [0.2, 0.25) is 0 Å². The minimum absolute atomic E-state index is 0.0846. The number of ether oxygens (including phenoxy) is 2. The third-order valence-corrected chi connectivity index (χ3v) is 5.83. The Morgan fingerprint density at radius 2 is 2.00 bits per heavy atom. The van der Waals surface area contributed by atoms with Crippen molar-refractivity contribution in [1.29, 1.82) is 0 Å². The lowest BCUT2D eigenvalue weighted by molar-refractivity contribution is -0.138. The van der Waals surface area contributed by atoms with Crippen molar-refractivity contribution in [2.45, 2.75) is 51.8 Å². The van der Waals surface area contributed by atoms with Gasteiger partial charge in [0.05, 0.1) is 12.2 Å². The number of nitrogens with one attached hydrogen (secondary N) is 1. The van der Waals surface area contributed by atoms with Crippen molar-refractivity contribution in [3.63, 3.8) is 0 Å². The summed E-state index contributed by atoms with van der Waals surface area (Å²) in [5, 5.41) is 1.09. The molecule has 1 aliphatic heterocycles. The van der Waals surface area contributed by atoms with Gasteiger partial charge in [0.1, 0.15) is 12.4 Å². The molecule has 30 heavy (non-hydrogen) atoms. The van der Waals surface area contributed by atoms with Gasteiger partial charge in [-0.25, -0.2) is 0 Å². The van der Waals surface area contributed by atoms with Gasteiger partial charge in [-0.3, -0.25) is 0 Å². The predicted octanol–water partition coefficient (Wildman–Crippen LogP) is 6.53. The third-order valence-electron chi connectivity index (χ3n) is 5.83. The van der Waals surface area contributed by atoms with Crippen molar-refractivity contribution < 1.29 is 22.6 Å². The highest BCUT2D eigenvalue weighted by atomic mass is 19.4. The van der Waals surface area contributed by atoms with E-state index in [1.165, 1.54) is 17.3 Å². The van der Waals surface area contributed by atoms with Gasteiger partial charge in [-0.1, -0.05) is 25.5 Å². The Balaban J connectivity index is 1.55. The molecule has 1 aliphatic rings. The zero-order valence-electron chi connectivity index (χ0n) is 17.2. The molecule has 1 unspecified atom stereocenters. The number of alkyl halides is 3. The zero-order chi connectivity index (χ0) is 21.3. The van der Waals surface area contributed by atoms with E-state index in [0.29, 0.717) is 36.5 Å². The molecule has 160 valence electrons. The van der Waals surface area contributed by atoms with E-state index < -0.39 is 11.7 Å². The average molecular weight is 417 g/mol. The van der Waals surface area contributed by atoms with Crippen molar-refractivity contribution in [3.8, 4) is 5.75 Å². The number of hydrogen-bond donors (Lipinski definition) is 1. The Morgan fingerprint density at radius 1 is 1.17 bits per heavy atom. The fraction of sp³-hybridized carbons (Fsp3) is 0.417. The van der Waals surface area contributed by atoms with E-state index in [0.717, 1.165) is 23.7 Å². The molecule has 1 aromatic heterocycles. The Hall–Kier alpha value is -2.47. The molecule has 3 nitrogen and oxygen atoms in total. The first kappa shape index (κ1) is 20.8. The van der Waals surface area contributed by atoms with E-state index in [9.17, 15) is 13.2 Å². The largest absolute Gasteiger partial charge is 0.489 e. The summed E-state index contributed by atoms with van der Waals surface area (Å²) in [6.07, 6.45) is -1.74. The first-order valence-electron chi connectivity index (χ1n) is 10.4. The molecule has 6 heteroatoms. The highest BCUT2D eigenvalue weighted by molar-refractivity contribution is 5.85. The van der Waals surface area contributed by atoms with Gasteiger partial charge in [0.2, 0.25) is 0 Å². The van der Waals surface area contributed by atoms with E-state index in [1.807, 2.05) is 18.2 Å². The van der Waals surface area contributed by atoms with Crippen LogP contribution in [0.15, 0.2) is 36.4 Å². The van der Waals surface area contributed by atoms with Crippen molar-refractivity contribution in [1.82, 2.24) is 4.98 Å². The van der Waals surface area contributed by atoms with Crippen LogP contribution in [0.1, 0.15) is 53.6 Å². The van der Waals surface area contributed by atoms with Crippen LogP contribution in [0, 0.1) is 6.92 Å². The SMILES string of the molecule is CCCc1[nH]c2ccc(OCc3ccc(C4CCOC4)c(C(F)(F)F)c3)cc2c1C. The Kier molecular flexibility index (Phi) is 5.78. The monoisotopic (exact) mass is 417 g/mol. The summed E-state index contributed by atoms with van der Waals surface area (Å²) in [4.78, 5) is 3.43. The molecule has 0 amide bonds. The molecule has 0 spiro atoms. The second-order valence-electron chi connectivity index (χ2n) is 7.95. The molecule has 4 rings (SSSR count). The number of H-pyrrole nitrogens is 1. The van der Waals surface area contributed by atoms with Crippen LogP contribution in [0.5, 0.6) is 5.75 Å². The summed E-state index contributed by atoms with van der Waals surface area (Å²) < 4.78 is 52.1. The molecule has 3 aromatic rings. The number of aromatic amines is 1. The molecule has 0 bridgehead atoms. The van der Waals surface area contributed by atoms with Gasteiger partial charge in [-0.15, -0.1) is 0 Å². The van der Waals surface area contributed by atoms with Crippen LogP contribution in [0.3, 0.4) is 0 Å². The average Bonchev–Trinajstić information content (AvgIpc) is 3.35. The smallest absolute Gasteiger partial charge is 0.416 e. The molecule has 1 atom stereocenters. The molecule has 0 saturated carbocycles. The van der Waals surface area contributed by atoms with Crippen molar-refractivity contribution in [2.24, 2.45) is 0 Å². The van der Waals surface area contributed by atoms with Gasteiger partial charge < -0.3 is 14.5 Å². The highest BCUT2D eigenvalue weighted by Gasteiger charge is 2.36. The fourth-order valence-electron chi connectivity index (χ4n) is 4.19. The Bertz CT molecular complexity index is 1030. The number of benzene rings is 2. The summed E-state index contributed by atoms with van der Waals surface area (Å²) >= 11 is 0. The lowest BCUT2D eigenvalue weighted by Gasteiger charge is -2.18. The number of aryl methyl sites for hydroxylation is 2. The van der Waals surface area contributed by atoms with Crippen LogP contribution in [0.25, 0.3) is 10.9 Å². The number of aromatic nitrogens is 1. The first-order valence-corrected chi connectivity index (χ1v) is 10.4. The van der Waals surface area contributed by atoms with Crippen LogP contribution in [0.4, 0.5) is 13.2 Å². The molecule has 2 aromatic carbocycles. The number of fused-ring (bicyclic) bond motifs is 1. The van der Waals surface area contributed by atoms with Crippen LogP contribution in [-0.2, 0) is 23.9 Å². The van der Waals surface area contributed by atoms with Crippen LogP contribution >= 0.6 is 0 Å². The Labute approximate surface area is 174 Å². The molecule has 2 heterocycles. The van der Waals surface area contributed by atoms with Crippen molar-refractivity contribution >= 4 is 10.9 Å². The molecule has 1 fully saturated rings. The summed E-state index contributed by atoms with van der Waals surface area (Å²) in [5.41, 5.74) is 3.69. The molecule has 0 radical (unpaired) electrons. The van der Waals surface area contributed by atoms with Crippen LogP contribution in [-0.4, -0.2) is 18.2 Å². The lowest BCUT2D eigenvalue weighted by atomic mass is 9.92. The van der Waals surface area contributed by atoms with E-state index >= 15 is 0 Å². The number of halogens is 3. The fourth-order valence-corrected chi connectivity index (χ4v) is 4.19. The van der Waals surface area contributed by atoms with Crippen molar-refractivity contribution in [3.05, 3.63) is 64.3 Å². The standard InChI is InChI=1S/C24H26F3NO2/c1-3-4-22-15(2)20-12-18(6-8-23(20)28-22)30-13-16-5-7-19(17-9-10-29-14-17)21(11-16)24(25,26)27/h5-8,11-12,17,28H,3-4,9-10,13-14H2,1-2H3. The molecular formula is C24H26F3NO2. The topological polar surface area (TPSA) is 34.2 Å². The van der Waals surface area contributed by atoms with Gasteiger partial charge in [0.15, 0.2) is 0 Å². The van der Waals surface area contributed by atoms with Gasteiger partial charge in [-0.05, 0) is 60.7 Å². The summed E-state index contributed by atoms with van der Waals surface area (Å²) in [7, 11) is 0. The van der Waals surface area contributed by atoms with Gasteiger partial charge in [0, 0.05) is 29.1 Å². The minimum atomic E-state index is -4.40. The van der Waals surface area contributed by atoms with Crippen LogP contribution < -0.4 is 4.74 Å². The molecule has 1 N–H and O–H groups in total. The lowest BCUT2D eigenvalue weighted by Crippen LogP contribution is -2.13. The maximum atomic E-state index is 13.6. The maximum absolute atomic E-state index is 13.6. The minimum Gasteiger partial charge on any atom is -0.489 e. The highest BCUT2D eigenvalue weighted by Crippen LogP contribution is 2.38. The normalized spacial score (nSPS) is 17.0. The molecular weight excluding hydrogens is 391 g/mol. The summed E-state index contributed by atoms with van der Waals surface area (Å²) in [5.74, 6) is 0.447. The summed E-state index contributed by atoms with van der Waals surface area (Å²) in [6.45, 7) is 5.15. The van der Waals surface area contributed by atoms with Gasteiger partial charge in [-0.2, -0.15) is 13.2 Å². The van der Waals surface area contributed by atoms with Gasteiger partial charge >= 0.3 is 6.18 Å². The second-order valence-corrected chi connectivity index (χ2v) is 7.95. The zero-order valence-corrected chi connectivity index (χ0v) is 17.2. The number of hydrogen-bond acceptors (Lipinski definition) is 2. The third kappa shape index (κ3) is 4.19. The predicted molar refractivity (Wildman–Crippen MR) is 111 cm³/mol. The van der Waals surface area contributed by atoms with E-state index in [1.54, 1.807) is 12.1 Å². The Morgan fingerprint density at radius 3 is 2.70 bits per heavy atom. The molecule has 1 saturated heterocycles. The number of rotatable bonds is 6. The summed E-state index contributed by atoms with van der Waals surface area (Å²) in [6, 6.07) is 10.3. The van der Waals surface area contributed by atoms with E-state index in [-0.39, 0.29) is 12.5 Å².